The van der Waals surface area contributed by atoms with Gasteiger partial charge in [0, 0.05) is 23.6 Å². The number of nitrogens with one attached hydrogen (secondary N) is 1. The molecule has 0 aliphatic heterocycles. The van der Waals surface area contributed by atoms with Gasteiger partial charge in [-0.05, 0) is 44.2 Å². The highest BCUT2D eigenvalue weighted by atomic mass is 32.2. The van der Waals surface area contributed by atoms with E-state index in [4.69, 9.17) is 0 Å². The van der Waals surface area contributed by atoms with Crippen LogP contribution in [0.15, 0.2) is 29.2 Å². The summed E-state index contributed by atoms with van der Waals surface area (Å²) in [6, 6.07) is 8.37. The van der Waals surface area contributed by atoms with Gasteiger partial charge in [-0.15, -0.1) is 11.8 Å². The molecule has 3 nitrogen and oxygen atoms in total. The van der Waals surface area contributed by atoms with Crippen LogP contribution in [0.2, 0.25) is 0 Å². The molecule has 2 N–H and O–H groups in total. The molecule has 1 aromatic rings. The minimum absolute atomic E-state index is 0.117. The zero-order valence-corrected chi connectivity index (χ0v) is 12.8. The predicted octanol–water partition coefficient (Wildman–Crippen LogP) is 2.75. The molecule has 1 aliphatic carbocycles. The summed E-state index contributed by atoms with van der Waals surface area (Å²) in [5.74, 6) is 1.38. The SMILES string of the molecule is Cc1ccc(SCCC(=O)NCC2CCC(O)C2)cc1. The molecular formula is C16H23NO2S. The van der Waals surface area contributed by atoms with Crippen molar-refractivity contribution < 1.29 is 9.90 Å². The smallest absolute Gasteiger partial charge is 0.220 e. The van der Waals surface area contributed by atoms with E-state index in [2.05, 4.69) is 36.5 Å². The molecule has 2 rings (SSSR count). The van der Waals surface area contributed by atoms with Gasteiger partial charge in [-0.2, -0.15) is 0 Å². The number of thioether (sulfide) groups is 1. The average molecular weight is 293 g/mol. The summed E-state index contributed by atoms with van der Waals surface area (Å²) in [5.41, 5.74) is 1.26. The quantitative estimate of drug-likeness (QED) is 0.793. The lowest BCUT2D eigenvalue weighted by Gasteiger charge is -2.10. The third-order valence-corrected chi connectivity index (χ3v) is 4.73. The second-order valence-electron chi connectivity index (χ2n) is 5.55. The molecule has 1 aliphatic rings. The topological polar surface area (TPSA) is 49.3 Å². The first kappa shape index (κ1) is 15.4. The van der Waals surface area contributed by atoms with E-state index < -0.39 is 0 Å². The second-order valence-corrected chi connectivity index (χ2v) is 6.72. The maximum absolute atomic E-state index is 11.7. The molecule has 110 valence electrons. The number of benzene rings is 1. The third-order valence-electron chi connectivity index (χ3n) is 3.72. The van der Waals surface area contributed by atoms with Crippen LogP contribution in [0.5, 0.6) is 0 Å². The molecule has 1 amide bonds. The molecule has 0 radical (unpaired) electrons. The summed E-state index contributed by atoms with van der Waals surface area (Å²) in [6.45, 7) is 2.78. The van der Waals surface area contributed by atoms with Gasteiger partial charge in [0.05, 0.1) is 6.10 Å². The summed E-state index contributed by atoms with van der Waals surface area (Å²) in [5, 5.41) is 12.4. The van der Waals surface area contributed by atoms with Crippen molar-refractivity contribution in [3.05, 3.63) is 29.8 Å². The van der Waals surface area contributed by atoms with Crippen LogP contribution in [0.4, 0.5) is 0 Å². The Bertz CT molecular complexity index is 433. The first-order valence-electron chi connectivity index (χ1n) is 7.27. The predicted molar refractivity (Wildman–Crippen MR) is 82.9 cm³/mol. The maximum atomic E-state index is 11.7. The Morgan fingerprint density at radius 3 is 2.75 bits per heavy atom. The van der Waals surface area contributed by atoms with Gasteiger partial charge in [0.1, 0.15) is 0 Å². The monoisotopic (exact) mass is 293 g/mol. The number of aliphatic hydroxyl groups is 1. The minimum Gasteiger partial charge on any atom is -0.393 e. The molecule has 1 fully saturated rings. The minimum atomic E-state index is -0.158. The van der Waals surface area contributed by atoms with Crippen molar-refractivity contribution in [3.63, 3.8) is 0 Å². The Kier molecular flexibility index (Phi) is 5.92. The van der Waals surface area contributed by atoms with Gasteiger partial charge in [-0.3, -0.25) is 4.79 Å². The molecule has 0 saturated heterocycles. The first-order chi connectivity index (χ1) is 9.63. The average Bonchev–Trinajstić information content (AvgIpc) is 2.85. The highest BCUT2D eigenvalue weighted by Crippen LogP contribution is 2.24. The highest BCUT2D eigenvalue weighted by Gasteiger charge is 2.22. The van der Waals surface area contributed by atoms with Gasteiger partial charge < -0.3 is 10.4 Å². The Morgan fingerprint density at radius 2 is 2.10 bits per heavy atom. The van der Waals surface area contributed by atoms with Gasteiger partial charge in [0.25, 0.3) is 0 Å². The van der Waals surface area contributed by atoms with E-state index in [1.165, 1.54) is 10.5 Å². The van der Waals surface area contributed by atoms with E-state index in [-0.39, 0.29) is 12.0 Å². The van der Waals surface area contributed by atoms with E-state index in [0.717, 1.165) is 25.0 Å². The molecule has 0 heterocycles. The van der Waals surface area contributed by atoms with Crippen LogP contribution in [-0.4, -0.2) is 29.4 Å². The van der Waals surface area contributed by atoms with Gasteiger partial charge in [-0.1, -0.05) is 17.7 Å². The van der Waals surface area contributed by atoms with Crippen LogP contribution < -0.4 is 5.32 Å². The largest absolute Gasteiger partial charge is 0.393 e. The van der Waals surface area contributed by atoms with Crippen molar-refractivity contribution in [3.8, 4) is 0 Å². The summed E-state index contributed by atoms with van der Waals surface area (Å²) >= 11 is 1.72. The Labute approximate surface area is 125 Å². The van der Waals surface area contributed by atoms with Crippen molar-refractivity contribution in [2.24, 2.45) is 5.92 Å². The van der Waals surface area contributed by atoms with Crippen LogP contribution in [0.3, 0.4) is 0 Å². The standard InChI is InChI=1S/C16H23NO2S/c1-12-2-6-15(7-3-12)20-9-8-16(19)17-11-13-4-5-14(18)10-13/h2-3,6-7,13-14,18H,4-5,8-11H2,1H3,(H,17,19). The summed E-state index contributed by atoms with van der Waals surface area (Å²) in [6.07, 6.45) is 3.13. The molecule has 20 heavy (non-hydrogen) atoms. The molecule has 0 aromatic heterocycles. The van der Waals surface area contributed by atoms with Crippen LogP contribution >= 0.6 is 11.8 Å². The Morgan fingerprint density at radius 1 is 1.35 bits per heavy atom. The van der Waals surface area contributed by atoms with Gasteiger partial charge >= 0.3 is 0 Å². The van der Waals surface area contributed by atoms with E-state index >= 15 is 0 Å². The van der Waals surface area contributed by atoms with Gasteiger partial charge in [-0.25, -0.2) is 0 Å². The number of amides is 1. The lowest BCUT2D eigenvalue weighted by molar-refractivity contribution is -0.120. The Hall–Kier alpha value is -1.00. The molecule has 2 unspecified atom stereocenters. The Balaban J connectivity index is 1.59. The number of aryl methyl sites for hydroxylation is 1. The molecule has 4 heteroatoms. The van der Waals surface area contributed by atoms with Gasteiger partial charge in [0.15, 0.2) is 0 Å². The molecule has 0 spiro atoms. The number of hydrogen-bond donors (Lipinski definition) is 2. The number of carbonyl (C=O) groups is 1. The normalized spacial score (nSPS) is 21.9. The number of carbonyl (C=O) groups excluding carboxylic acids is 1. The van der Waals surface area contributed by atoms with Crippen LogP contribution in [0.25, 0.3) is 0 Å². The van der Waals surface area contributed by atoms with Crippen LogP contribution in [-0.2, 0) is 4.79 Å². The molecular weight excluding hydrogens is 270 g/mol. The zero-order valence-electron chi connectivity index (χ0n) is 12.0. The summed E-state index contributed by atoms with van der Waals surface area (Å²) < 4.78 is 0. The number of hydrogen-bond acceptors (Lipinski definition) is 3. The van der Waals surface area contributed by atoms with E-state index in [1.54, 1.807) is 11.8 Å². The van der Waals surface area contributed by atoms with Crippen LogP contribution in [0.1, 0.15) is 31.2 Å². The lowest BCUT2D eigenvalue weighted by atomic mass is 10.1. The van der Waals surface area contributed by atoms with Crippen molar-refractivity contribution in [2.75, 3.05) is 12.3 Å². The number of rotatable bonds is 6. The first-order valence-corrected chi connectivity index (χ1v) is 8.26. The molecule has 1 saturated carbocycles. The summed E-state index contributed by atoms with van der Waals surface area (Å²) in [7, 11) is 0. The van der Waals surface area contributed by atoms with E-state index in [1.807, 2.05) is 0 Å². The highest BCUT2D eigenvalue weighted by molar-refractivity contribution is 7.99. The van der Waals surface area contributed by atoms with Crippen molar-refractivity contribution in [2.45, 2.75) is 43.6 Å². The van der Waals surface area contributed by atoms with E-state index in [9.17, 15) is 9.90 Å². The second kappa shape index (κ2) is 7.70. The number of aliphatic hydroxyl groups excluding tert-OH is 1. The van der Waals surface area contributed by atoms with Crippen molar-refractivity contribution in [1.82, 2.24) is 5.32 Å². The fourth-order valence-electron chi connectivity index (χ4n) is 2.48. The lowest BCUT2D eigenvalue weighted by Crippen LogP contribution is -2.28. The molecule has 2 atom stereocenters. The van der Waals surface area contributed by atoms with Crippen molar-refractivity contribution in [1.29, 1.82) is 0 Å². The van der Waals surface area contributed by atoms with E-state index in [0.29, 0.717) is 18.9 Å². The molecule has 1 aromatic carbocycles. The fourth-order valence-corrected chi connectivity index (χ4v) is 3.33. The zero-order chi connectivity index (χ0) is 14.4. The third kappa shape index (κ3) is 5.17. The van der Waals surface area contributed by atoms with Crippen LogP contribution in [0, 0.1) is 12.8 Å². The molecule has 0 bridgehead atoms. The fraction of sp³-hybridized carbons (Fsp3) is 0.562. The van der Waals surface area contributed by atoms with Crippen molar-refractivity contribution >= 4 is 17.7 Å². The maximum Gasteiger partial charge on any atom is 0.220 e. The summed E-state index contributed by atoms with van der Waals surface area (Å²) in [4.78, 5) is 12.9. The van der Waals surface area contributed by atoms with Gasteiger partial charge in [0.2, 0.25) is 5.91 Å².